The second-order valence-electron chi connectivity index (χ2n) is 8.36. The van der Waals surface area contributed by atoms with Gasteiger partial charge in [0.1, 0.15) is 0 Å². The fourth-order valence-electron chi connectivity index (χ4n) is 4.48. The summed E-state index contributed by atoms with van der Waals surface area (Å²) in [5, 5.41) is 4.86. The van der Waals surface area contributed by atoms with Crippen molar-refractivity contribution in [2.24, 2.45) is 0 Å². The lowest BCUT2D eigenvalue weighted by molar-refractivity contribution is 0.795. The maximum absolute atomic E-state index is 3.76. The first-order valence-corrected chi connectivity index (χ1v) is 13.0. The molecule has 0 saturated heterocycles. The molecule has 0 atom stereocenters. The number of unbranched alkanes of at least 4 members (excludes halogenated alkanes) is 1. The van der Waals surface area contributed by atoms with Crippen LogP contribution in [0.2, 0.25) is 0 Å². The van der Waals surface area contributed by atoms with Crippen molar-refractivity contribution in [2.45, 2.75) is 26.2 Å². The second kappa shape index (κ2) is 9.70. The van der Waals surface area contributed by atoms with Crippen molar-refractivity contribution < 1.29 is 0 Å². The van der Waals surface area contributed by atoms with Crippen molar-refractivity contribution in [3.05, 3.63) is 112 Å². The molecule has 0 aliphatic rings. The second-order valence-corrected chi connectivity index (χ2v) is 10.1. The van der Waals surface area contributed by atoms with Crippen molar-refractivity contribution in [2.75, 3.05) is 4.90 Å². The molecule has 5 aromatic rings. The Bertz CT molecular complexity index is 1420. The van der Waals surface area contributed by atoms with Gasteiger partial charge in [0.15, 0.2) is 0 Å². The maximum Gasteiger partial charge on any atom is 0.0551 e. The van der Waals surface area contributed by atoms with Crippen LogP contribution in [0.15, 0.2) is 106 Å². The van der Waals surface area contributed by atoms with Gasteiger partial charge in [0.05, 0.1) is 11.4 Å². The molecule has 5 rings (SSSR count). The minimum atomic E-state index is 1.07. The molecule has 0 spiro atoms. The van der Waals surface area contributed by atoms with Gasteiger partial charge in [0.2, 0.25) is 0 Å². The van der Waals surface area contributed by atoms with Crippen molar-refractivity contribution >= 4 is 70.5 Å². The standard InChI is InChI=1S/C30H25Br2N/c1-2-3-8-21-13-15-24(16-14-21)33(29-18-17-28(32)26-11-6-7-12-27(26)29)30-20-23(31)19-22-9-4-5-10-25(22)30/h4-7,9-20H,2-3,8H2,1H3. The zero-order valence-corrected chi connectivity index (χ0v) is 21.7. The summed E-state index contributed by atoms with van der Waals surface area (Å²) in [5.74, 6) is 0. The number of anilines is 3. The predicted octanol–water partition coefficient (Wildman–Crippen LogP) is 10.3. The predicted molar refractivity (Wildman–Crippen MR) is 150 cm³/mol. The first kappa shape index (κ1) is 22.2. The first-order chi connectivity index (χ1) is 16.2. The zero-order chi connectivity index (χ0) is 22.8. The highest BCUT2D eigenvalue weighted by Crippen LogP contribution is 2.44. The molecule has 0 N–H and O–H groups in total. The summed E-state index contributed by atoms with van der Waals surface area (Å²) in [6, 6.07) is 35.0. The minimum Gasteiger partial charge on any atom is -0.309 e. The average molecular weight is 559 g/mol. The molecule has 1 nitrogen and oxygen atoms in total. The maximum atomic E-state index is 3.76. The Morgan fingerprint density at radius 3 is 2.12 bits per heavy atom. The van der Waals surface area contributed by atoms with Crippen LogP contribution >= 0.6 is 31.9 Å². The molecule has 0 saturated carbocycles. The monoisotopic (exact) mass is 557 g/mol. The Morgan fingerprint density at radius 2 is 1.36 bits per heavy atom. The van der Waals surface area contributed by atoms with Gasteiger partial charge in [0.25, 0.3) is 0 Å². The highest BCUT2D eigenvalue weighted by Gasteiger charge is 2.19. The van der Waals surface area contributed by atoms with Crippen LogP contribution in [-0.4, -0.2) is 0 Å². The largest absolute Gasteiger partial charge is 0.309 e. The molecule has 0 amide bonds. The molecule has 0 bridgehead atoms. The van der Waals surface area contributed by atoms with Crippen LogP contribution in [0.1, 0.15) is 25.3 Å². The molecule has 3 heteroatoms. The summed E-state index contributed by atoms with van der Waals surface area (Å²) in [5.41, 5.74) is 4.87. The van der Waals surface area contributed by atoms with E-state index in [1.807, 2.05) is 0 Å². The zero-order valence-electron chi connectivity index (χ0n) is 18.6. The lowest BCUT2D eigenvalue weighted by Crippen LogP contribution is -2.11. The molecule has 0 fully saturated rings. The van der Waals surface area contributed by atoms with Gasteiger partial charge < -0.3 is 4.90 Å². The number of benzene rings is 5. The fraction of sp³-hybridized carbons (Fsp3) is 0.133. The molecule has 0 aromatic heterocycles. The number of fused-ring (bicyclic) bond motifs is 2. The van der Waals surface area contributed by atoms with E-state index in [1.54, 1.807) is 0 Å². The SMILES string of the molecule is CCCCc1ccc(N(c2cc(Br)cc3ccccc23)c2ccc(Br)c3ccccc23)cc1. The summed E-state index contributed by atoms with van der Waals surface area (Å²) in [7, 11) is 0. The van der Waals surface area contributed by atoms with E-state index in [0.29, 0.717) is 0 Å². The van der Waals surface area contributed by atoms with Gasteiger partial charge in [-0.2, -0.15) is 0 Å². The summed E-state index contributed by atoms with van der Waals surface area (Å²) < 4.78 is 2.18. The molecule has 0 heterocycles. The van der Waals surface area contributed by atoms with Crippen LogP contribution in [0.5, 0.6) is 0 Å². The molecule has 0 radical (unpaired) electrons. The van der Waals surface area contributed by atoms with Crippen LogP contribution in [0.4, 0.5) is 17.1 Å². The highest BCUT2D eigenvalue weighted by molar-refractivity contribution is 9.11. The van der Waals surface area contributed by atoms with E-state index in [0.717, 1.165) is 26.7 Å². The highest BCUT2D eigenvalue weighted by atomic mass is 79.9. The third-order valence-electron chi connectivity index (χ3n) is 6.15. The number of nitrogens with zero attached hydrogens (tertiary/aromatic N) is 1. The smallest absolute Gasteiger partial charge is 0.0551 e. The minimum absolute atomic E-state index is 1.07. The Kier molecular flexibility index (Phi) is 6.52. The molecule has 33 heavy (non-hydrogen) atoms. The van der Waals surface area contributed by atoms with E-state index < -0.39 is 0 Å². The van der Waals surface area contributed by atoms with Gasteiger partial charge in [-0.05, 0) is 65.6 Å². The molecule has 0 aliphatic heterocycles. The van der Waals surface area contributed by atoms with Crippen LogP contribution < -0.4 is 4.90 Å². The number of rotatable bonds is 6. The van der Waals surface area contributed by atoms with Crippen molar-refractivity contribution in [3.8, 4) is 0 Å². The molecule has 164 valence electrons. The number of aryl methyl sites for hydroxylation is 1. The third-order valence-corrected chi connectivity index (χ3v) is 7.30. The van der Waals surface area contributed by atoms with Crippen LogP contribution in [0.25, 0.3) is 21.5 Å². The van der Waals surface area contributed by atoms with Crippen molar-refractivity contribution in [1.82, 2.24) is 0 Å². The molecular formula is C30H25Br2N. The van der Waals surface area contributed by atoms with E-state index in [-0.39, 0.29) is 0 Å². The number of halogens is 2. The van der Waals surface area contributed by atoms with E-state index in [4.69, 9.17) is 0 Å². The lowest BCUT2D eigenvalue weighted by atomic mass is 10.0. The van der Waals surface area contributed by atoms with Gasteiger partial charge in [-0.25, -0.2) is 0 Å². The van der Waals surface area contributed by atoms with Crippen LogP contribution in [0, 0.1) is 0 Å². The Labute approximate surface area is 212 Å². The molecular weight excluding hydrogens is 534 g/mol. The van der Waals surface area contributed by atoms with E-state index >= 15 is 0 Å². The summed E-state index contributed by atoms with van der Waals surface area (Å²) >= 11 is 7.52. The summed E-state index contributed by atoms with van der Waals surface area (Å²) in [6.45, 7) is 2.24. The molecule has 0 aliphatic carbocycles. The lowest BCUT2D eigenvalue weighted by Gasteiger charge is -2.29. The van der Waals surface area contributed by atoms with Gasteiger partial charge in [0, 0.05) is 25.4 Å². The van der Waals surface area contributed by atoms with Gasteiger partial charge in [-0.3, -0.25) is 0 Å². The van der Waals surface area contributed by atoms with E-state index in [9.17, 15) is 0 Å². The summed E-state index contributed by atoms with van der Waals surface area (Å²) in [6.07, 6.45) is 3.55. The Hall–Kier alpha value is -2.62. The van der Waals surface area contributed by atoms with Gasteiger partial charge >= 0.3 is 0 Å². The van der Waals surface area contributed by atoms with Crippen molar-refractivity contribution in [1.29, 1.82) is 0 Å². The molecule has 5 aromatic carbocycles. The molecule has 0 unspecified atom stereocenters. The average Bonchev–Trinajstić information content (AvgIpc) is 2.85. The normalized spacial score (nSPS) is 11.2. The van der Waals surface area contributed by atoms with Crippen LogP contribution in [0.3, 0.4) is 0 Å². The number of hydrogen-bond donors (Lipinski definition) is 0. The Morgan fingerprint density at radius 1 is 0.667 bits per heavy atom. The first-order valence-electron chi connectivity index (χ1n) is 11.4. The van der Waals surface area contributed by atoms with E-state index in [1.165, 1.54) is 45.6 Å². The van der Waals surface area contributed by atoms with Crippen LogP contribution in [-0.2, 0) is 6.42 Å². The number of hydrogen-bond acceptors (Lipinski definition) is 1. The quantitative estimate of drug-likeness (QED) is 0.200. The van der Waals surface area contributed by atoms with Crippen molar-refractivity contribution in [3.63, 3.8) is 0 Å². The topological polar surface area (TPSA) is 3.24 Å². The third kappa shape index (κ3) is 4.45. The van der Waals surface area contributed by atoms with E-state index in [2.05, 4.69) is 141 Å². The Balaban J connectivity index is 1.77. The fourth-order valence-corrected chi connectivity index (χ4v) is 5.42. The van der Waals surface area contributed by atoms with Gasteiger partial charge in [-0.15, -0.1) is 0 Å². The van der Waals surface area contributed by atoms with Gasteiger partial charge in [-0.1, -0.05) is 106 Å². The summed E-state index contributed by atoms with van der Waals surface area (Å²) in [4.78, 5) is 2.39.